The zero-order valence-electron chi connectivity index (χ0n) is 44.4. The largest absolute Gasteiger partial charge is 0.309 e. The lowest BCUT2D eigenvalue weighted by Crippen LogP contribution is -2.03. The zero-order valence-corrected chi connectivity index (χ0v) is 44.4. The SMILES string of the molecule is N#Cc1ccc(-n2c3ccc(-c4ccccc4)cc3c3cc(-c4ccccc4)ccc32)cc1-c1cc(-c2nc(-c3ccccc3)nc(-c3ccccc3)n2)ccc1-n1c2ccc(-c3ccccc3)cc2c2cc(-c3ccccc3)ccc21. The molecule has 0 radical (unpaired) electrons. The monoisotopic (exact) mass is 1040 g/mol. The van der Waals surface area contributed by atoms with E-state index in [1.807, 2.05) is 66.7 Å². The smallest absolute Gasteiger partial charge is 0.164 e. The minimum Gasteiger partial charge on any atom is -0.309 e. The van der Waals surface area contributed by atoms with Crippen LogP contribution in [0, 0.1) is 11.3 Å². The summed E-state index contributed by atoms with van der Waals surface area (Å²) in [6, 6.07) is 105. The first-order chi connectivity index (χ1) is 40.6. The minimum absolute atomic E-state index is 0.517. The highest BCUT2D eigenvalue weighted by molar-refractivity contribution is 6.13. The molecule has 0 amide bonds. The van der Waals surface area contributed by atoms with Gasteiger partial charge in [0.25, 0.3) is 0 Å². The molecule has 3 heterocycles. The maximum Gasteiger partial charge on any atom is 0.164 e. The van der Waals surface area contributed by atoms with E-state index in [-0.39, 0.29) is 0 Å². The molecule has 3 aromatic heterocycles. The van der Waals surface area contributed by atoms with Crippen molar-refractivity contribution in [3.05, 3.63) is 297 Å². The maximum atomic E-state index is 11.4. The molecule has 0 aliphatic carbocycles. The summed E-state index contributed by atoms with van der Waals surface area (Å²) in [5.74, 6) is 1.65. The third kappa shape index (κ3) is 8.49. The first-order valence-electron chi connectivity index (χ1n) is 27.5. The number of aromatic nitrogens is 5. The lowest BCUT2D eigenvalue weighted by atomic mass is 9.95. The number of hydrogen-bond donors (Lipinski definition) is 0. The second-order valence-corrected chi connectivity index (χ2v) is 20.7. The predicted octanol–water partition coefficient (Wildman–Crippen LogP) is 19.3. The average molecular weight is 1050 g/mol. The minimum atomic E-state index is 0.517. The number of nitrogens with zero attached hydrogens (tertiary/aromatic N) is 6. The van der Waals surface area contributed by atoms with Gasteiger partial charge in [0.05, 0.1) is 39.4 Å². The van der Waals surface area contributed by atoms with Gasteiger partial charge in [0, 0.05) is 55.0 Å². The van der Waals surface area contributed by atoms with Crippen LogP contribution in [0.15, 0.2) is 291 Å². The van der Waals surface area contributed by atoms with Crippen LogP contribution in [0.5, 0.6) is 0 Å². The third-order valence-corrected chi connectivity index (χ3v) is 15.8. The fourth-order valence-electron chi connectivity index (χ4n) is 11.8. The Kier molecular flexibility index (Phi) is 11.8. The van der Waals surface area contributed by atoms with Crippen LogP contribution in [0.4, 0.5) is 0 Å². The number of rotatable bonds is 10. The van der Waals surface area contributed by atoms with Crippen molar-refractivity contribution in [3.63, 3.8) is 0 Å². The molecule has 0 aliphatic rings. The van der Waals surface area contributed by atoms with E-state index in [9.17, 15) is 5.26 Å². The van der Waals surface area contributed by atoms with Crippen LogP contribution < -0.4 is 0 Å². The van der Waals surface area contributed by atoms with E-state index < -0.39 is 0 Å². The van der Waals surface area contributed by atoms with Gasteiger partial charge >= 0.3 is 0 Å². The van der Waals surface area contributed by atoms with Crippen LogP contribution in [0.25, 0.3) is 145 Å². The van der Waals surface area contributed by atoms with Crippen LogP contribution in [-0.4, -0.2) is 24.1 Å². The number of fused-ring (bicyclic) bond motifs is 6. The van der Waals surface area contributed by atoms with Crippen LogP contribution >= 0.6 is 0 Å². The quantitative estimate of drug-likeness (QED) is 0.137. The summed E-state index contributed by atoms with van der Waals surface area (Å²) >= 11 is 0. The molecule has 382 valence electrons. The Morgan fingerprint density at radius 1 is 0.256 bits per heavy atom. The molecule has 6 nitrogen and oxygen atoms in total. The van der Waals surface area contributed by atoms with Crippen molar-refractivity contribution >= 4 is 43.6 Å². The van der Waals surface area contributed by atoms with Crippen LogP contribution in [0.3, 0.4) is 0 Å². The first-order valence-corrected chi connectivity index (χ1v) is 27.5. The van der Waals surface area contributed by atoms with Crippen LogP contribution in [-0.2, 0) is 0 Å². The molecule has 15 rings (SSSR count). The normalized spacial score (nSPS) is 11.4. The molecule has 82 heavy (non-hydrogen) atoms. The average Bonchev–Trinajstić information content (AvgIpc) is 3.87. The van der Waals surface area contributed by atoms with Crippen molar-refractivity contribution in [1.82, 2.24) is 24.1 Å². The summed E-state index contributed by atoms with van der Waals surface area (Å²) in [7, 11) is 0. The summed E-state index contributed by atoms with van der Waals surface area (Å²) in [6.45, 7) is 0. The second-order valence-electron chi connectivity index (χ2n) is 20.7. The van der Waals surface area contributed by atoms with Crippen molar-refractivity contribution in [2.45, 2.75) is 0 Å². The van der Waals surface area contributed by atoms with Crippen LogP contribution in [0.2, 0.25) is 0 Å². The Morgan fingerprint density at radius 2 is 0.585 bits per heavy atom. The fraction of sp³-hybridized carbons (Fsp3) is 0. The van der Waals surface area contributed by atoms with Gasteiger partial charge in [-0.3, -0.25) is 0 Å². The maximum absolute atomic E-state index is 11.4. The van der Waals surface area contributed by atoms with Gasteiger partial charge in [0.15, 0.2) is 17.5 Å². The standard InChI is InChI=1S/C76H48N6/c77-49-61-31-37-62(81-69-38-32-56(50-19-7-1-8-20-50)43-65(69)66-44-57(33-39-70(66)81)51-21-9-2-10-22-51)48-63(61)64-47-60(76-79-74(54-27-15-5-16-28-54)78-75(80-76)55-29-17-6-18-30-55)36-42-71(64)82-72-40-34-58(52-23-11-3-12-24-52)45-67(72)68-46-59(35-41-73(68)82)53-25-13-4-14-26-53/h1-48H. The van der Waals surface area contributed by atoms with E-state index in [0.717, 1.165) is 127 Å². The van der Waals surface area contributed by atoms with Crippen molar-refractivity contribution in [3.8, 4) is 107 Å². The van der Waals surface area contributed by atoms with Gasteiger partial charge in [-0.15, -0.1) is 0 Å². The van der Waals surface area contributed by atoms with Crippen molar-refractivity contribution < 1.29 is 0 Å². The number of nitriles is 1. The van der Waals surface area contributed by atoms with Crippen LogP contribution in [0.1, 0.15) is 5.56 Å². The topological polar surface area (TPSA) is 72.3 Å². The van der Waals surface area contributed by atoms with E-state index in [1.54, 1.807) is 0 Å². The predicted molar refractivity (Wildman–Crippen MR) is 337 cm³/mol. The highest BCUT2D eigenvalue weighted by atomic mass is 15.0. The molecule has 0 bridgehead atoms. The Labute approximate surface area is 474 Å². The Balaban J connectivity index is 1.00. The van der Waals surface area contributed by atoms with Crippen molar-refractivity contribution in [1.29, 1.82) is 5.26 Å². The lowest BCUT2D eigenvalue weighted by molar-refractivity contribution is 1.07. The molecule has 0 unspecified atom stereocenters. The van der Waals surface area contributed by atoms with Crippen molar-refractivity contribution in [2.75, 3.05) is 0 Å². The van der Waals surface area contributed by atoms with Gasteiger partial charge in [0.2, 0.25) is 0 Å². The molecule has 0 saturated carbocycles. The summed E-state index contributed by atoms with van der Waals surface area (Å²) < 4.78 is 4.72. The van der Waals surface area contributed by atoms with Gasteiger partial charge in [-0.2, -0.15) is 5.26 Å². The summed E-state index contributed by atoms with van der Waals surface area (Å²) in [5.41, 5.74) is 19.8. The summed E-state index contributed by atoms with van der Waals surface area (Å²) in [4.78, 5) is 15.5. The molecule has 0 atom stereocenters. The van der Waals surface area contributed by atoms with Gasteiger partial charge in [-0.1, -0.05) is 206 Å². The molecule has 0 spiro atoms. The molecular weight excluding hydrogens is 997 g/mol. The highest BCUT2D eigenvalue weighted by Gasteiger charge is 2.23. The molecule has 0 fully saturated rings. The number of hydrogen-bond acceptors (Lipinski definition) is 4. The fourth-order valence-corrected chi connectivity index (χ4v) is 11.8. The molecule has 6 heteroatoms. The highest BCUT2D eigenvalue weighted by Crippen LogP contribution is 2.44. The van der Waals surface area contributed by atoms with Gasteiger partial charge < -0.3 is 9.13 Å². The van der Waals surface area contributed by atoms with Gasteiger partial charge in [-0.05, 0) is 129 Å². The van der Waals surface area contributed by atoms with E-state index in [1.165, 1.54) is 0 Å². The summed E-state index contributed by atoms with van der Waals surface area (Å²) in [6.07, 6.45) is 0. The Hall–Kier alpha value is -11.3. The first kappa shape index (κ1) is 47.9. The zero-order chi connectivity index (χ0) is 54.5. The van der Waals surface area contributed by atoms with E-state index in [0.29, 0.717) is 23.0 Å². The van der Waals surface area contributed by atoms with Gasteiger partial charge in [-0.25, -0.2) is 15.0 Å². The van der Waals surface area contributed by atoms with Gasteiger partial charge in [0.1, 0.15) is 0 Å². The van der Waals surface area contributed by atoms with E-state index in [2.05, 4.69) is 240 Å². The molecule has 0 aliphatic heterocycles. The molecular formula is C76H48N6. The molecule has 0 saturated heterocycles. The Morgan fingerprint density at radius 3 is 0.951 bits per heavy atom. The van der Waals surface area contributed by atoms with Crippen molar-refractivity contribution in [2.24, 2.45) is 0 Å². The Bertz CT molecular complexity index is 4700. The molecule has 12 aromatic carbocycles. The third-order valence-electron chi connectivity index (χ3n) is 15.8. The lowest BCUT2D eigenvalue weighted by Gasteiger charge is -2.18. The van der Waals surface area contributed by atoms with E-state index >= 15 is 0 Å². The second kappa shape index (κ2) is 20.2. The van der Waals surface area contributed by atoms with E-state index in [4.69, 9.17) is 15.0 Å². The summed E-state index contributed by atoms with van der Waals surface area (Å²) in [5, 5.41) is 15.9. The molecule has 0 N–H and O–H groups in total. The number of benzene rings is 12. The molecule has 15 aromatic rings.